The summed E-state index contributed by atoms with van der Waals surface area (Å²) < 4.78 is 0. The van der Waals surface area contributed by atoms with Crippen molar-refractivity contribution >= 4 is 36.4 Å². The number of hydrogen-bond acceptors (Lipinski definition) is 3. The van der Waals surface area contributed by atoms with Crippen LogP contribution >= 0.6 is 24.8 Å². The van der Waals surface area contributed by atoms with Gasteiger partial charge in [-0.1, -0.05) is 13.0 Å². The van der Waals surface area contributed by atoms with Crippen molar-refractivity contribution < 1.29 is 4.79 Å². The number of nitrogens with one attached hydrogen (secondary N) is 1. The molecule has 0 radical (unpaired) electrons. The first kappa shape index (κ1) is 21.0. The number of aryl methyl sites for hydroxylation is 1. The number of anilines is 1. The number of likely N-dealkylation sites (tertiary alicyclic amines) is 1. The monoisotopic (exact) mass is 347 g/mol. The average Bonchev–Trinajstić information content (AvgIpc) is 2.41. The minimum absolute atomic E-state index is 0. The van der Waals surface area contributed by atoms with Crippen molar-refractivity contribution in [3.63, 3.8) is 0 Å². The van der Waals surface area contributed by atoms with Crippen molar-refractivity contribution in [2.45, 2.75) is 26.7 Å². The zero-order chi connectivity index (χ0) is 14.5. The first-order valence-electron chi connectivity index (χ1n) is 7.43. The second-order valence-electron chi connectivity index (χ2n) is 5.88. The molecule has 1 aliphatic heterocycles. The molecule has 3 N–H and O–H groups in total. The highest BCUT2D eigenvalue weighted by Crippen LogP contribution is 2.15. The Kier molecular flexibility index (Phi) is 9.49. The Bertz CT molecular complexity index is 482. The lowest BCUT2D eigenvalue weighted by Gasteiger charge is -2.30. The van der Waals surface area contributed by atoms with Crippen molar-refractivity contribution in [2.24, 2.45) is 5.92 Å². The van der Waals surface area contributed by atoms with Crippen molar-refractivity contribution in [3.05, 3.63) is 29.3 Å². The van der Waals surface area contributed by atoms with Crippen LogP contribution in [0.1, 0.15) is 35.7 Å². The Balaban J connectivity index is 0.00000220. The van der Waals surface area contributed by atoms with Gasteiger partial charge in [-0.2, -0.15) is 0 Å². The van der Waals surface area contributed by atoms with Gasteiger partial charge in [-0.05, 0) is 49.9 Å². The number of halogens is 2. The van der Waals surface area contributed by atoms with Crippen LogP contribution in [0.4, 0.5) is 5.69 Å². The van der Waals surface area contributed by atoms with E-state index in [9.17, 15) is 4.79 Å². The minimum atomic E-state index is -0.0279. The molecule has 1 unspecified atom stereocenters. The largest absolute Gasteiger partial charge is 0.399 e. The number of nitrogens with two attached hydrogens (primary N) is 1. The van der Waals surface area contributed by atoms with E-state index in [1.165, 1.54) is 12.8 Å². The third-order valence-electron chi connectivity index (χ3n) is 3.96. The van der Waals surface area contributed by atoms with E-state index in [0.717, 1.165) is 31.1 Å². The number of rotatable bonds is 4. The van der Waals surface area contributed by atoms with Gasteiger partial charge in [0, 0.05) is 30.9 Å². The Morgan fingerprint density at radius 3 is 2.82 bits per heavy atom. The van der Waals surface area contributed by atoms with Gasteiger partial charge < -0.3 is 16.0 Å². The number of carbonyl (C=O) groups is 1. The van der Waals surface area contributed by atoms with Crippen molar-refractivity contribution in [2.75, 3.05) is 31.9 Å². The van der Waals surface area contributed by atoms with Crippen LogP contribution in [0.3, 0.4) is 0 Å². The summed E-state index contributed by atoms with van der Waals surface area (Å²) in [7, 11) is 0. The van der Waals surface area contributed by atoms with Gasteiger partial charge >= 0.3 is 0 Å². The van der Waals surface area contributed by atoms with Crippen LogP contribution in [0.5, 0.6) is 0 Å². The maximum Gasteiger partial charge on any atom is 0.251 e. The van der Waals surface area contributed by atoms with E-state index in [1.807, 2.05) is 19.1 Å². The Hall–Kier alpha value is -0.970. The summed E-state index contributed by atoms with van der Waals surface area (Å²) in [5, 5.41) is 2.99. The normalized spacial score (nSPS) is 18.0. The smallest absolute Gasteiger partial charge is 0.251 e. The van der Waals surface area contributed by atoms with E-state index < -0.39 is 0 Å². The number of benzene rings is 1. The van der Waals surface area contributed by atoms with E-state index in [0.29, 0.717) is 17.8 Å². The summed E-state index contributed by atoms with van der Waals surface area (Å²) in [6.45, 7) is 8.14. The third kappa shape index (κ3) is 6.03. The number of amides is 1. The van der Waals surface area contributed by atoms with E-state index in [2.05, 4.69) is 17.1 Å². The second-order valence-corrected chi connectivity index (χ2v) is 5.88. The lowest BCUT2D eigenvalue weighted by Crippen LogP contribution is -2.40. The summed E-state index contributed by atoms with van der Waals surface area (Å²) in [6.07, 6.45) is 2.59. The summed E-state index contributed by atoms with van der Waals surface area (Å²) in [6, 6.07) is 5.45. The number of piperidine rings is 1. The van der Waals surface area contributed by atoms with Gasteiger partial charge in [0.05, 0.1) is 0 Å². The molecule has 1 fully saturated rings. The molecular formula is C16H27Cl2N3O. The van der Waals surface area contributed by atoms with Crippen LogP contribution in [0.15, 0.2) is 18.2 Å². The molecule has 1 aliphatic rings. The van der Waals surface area contributed by atoms with Crippen LogP contribution in [-0.4, -0.2) is 37.0 Å². The highest BCUT2D eigenvalue weighted by molar-refractivity contribution is 5.96. The topological polar surface area (TPSA) is 58.4 Å². The molecular weight excluding hydrogens is 321 g/mol. The average molecular weight is 348 g/mol. The van der Waals surface area contributed by atoms with E-state index >= 15 is 0 Å². The summed E-state index contributed by atoms with van der Waals surface area (Å²) in [5.74, 6) is 0.746. The van der Waals surface area contributed by atoms with Crippen molar-refractivity contribution in [1.82, 2.24) is 10.2 Å². The fourth-order valence-electron chi connectivity index (χ4n) is 2.80. The molecule has 1 aromatic carbocycles. The molecule has 4 nitrogen and oxygen atoms in total. The lowest BCUT2D eigenvalue weighted by atomic mass is 10.0. The Labute approximate surface area is 145 Å². The number of carbonyl (C=O) groups excluding carboxylic acids is 1. The predicted octanol–water partition coefficient (Wildman–Crippen LogP) is 2.88. The zero-order valence-electron chi connectivity index (χ0n) is 13.3. The molecule has 126 valence electrons. The third-order valence-corrected chi connectivity index (χ3v) is 3.96. The summed E-state index contributed by atoms with van der Waals surface area (Å²) in [5.41, 5.74) is 8.01. The van der Waals surface area contributed by atoms with Gasteiger partial charge in [-0.25, -0.2) is 0 Å². The quantitative estimate of drug-likeness (QED) is 0.823. The maximum atomic E-state index is 12.1. The van der Waals surface area contributed by atoms with Crippen LogP contribution in [-0.2, 0) is 0 Å². The van der Waals surface area contributed by atoms with Gasteiger partial charge in [0.15, 0.2) is 0 Å². The van der Waals surface area contributed by atoms with Gasteiger partial charge in [0.1, 0.15) is 0 Å². The minimum Gasteiger partial charge on any atom is -0.399 e. The molecule has 6 heteroatoms. The molecule has 1 saturated heterocycles. The first-order valence-corrected chi connectivity index (χ1v) is 7.43. The van der Waals surface area contributed by atoms with Crippen molar-refractivity contribution in [3.8, 4) is 0 Å². The van der Waals surface area contributed by atoms with E-state index in [1.54, 1.807) is 6.07 Å². The molecule has 2 rings (SSSR count). The van der Waals surface area contributed by atoms with Crippen molar-refractivity contribution in [1.29, 1.82) is 0 Å². The molecule has 0 aliphatic carbocycles. The highest BCUT2D eigenvalue weighted by Gasteiger charge is 2.16. The summed E-state index contributed by atoms with van der Waals surface area (Å²) >= 11 is 0. The molecule has 1 amide bonds. The fourth-order valence-corrected chi connectivity index (χ4v) is 2.80. The zero-order valence-corrected chi connectivity index (χ0v) is 14.9. The number of nitrogens with zero attached hydrogens (tertiary/aromatic N) is 1. The molecule has 0 spiro atoms. The van der Waals surface area contributed by atoms with Crippen LogP contribution < -0.4 is 11.1 Å². The second kappa shape index (κ2) is 9.93. The fraction of sp³-hybridized carbons (Fsp3) is 0.562. The van der Waals surface area contributed by atoms with Crippen LogP contribution in [0.25, 0.3) is 0 Å². The number of nitrogen functional groups attached to an aromatic ring is 1. The predicted molar refractivity (Wildman–Crippen MR) is 97.3 cm³/mol. The Morgan fingerprint density at radius 2 is 2.14 bits per heavy atom. The van der Waals surface area contributed by atoms with Gasteiger partial charge in [-0.15, -0.1) is 24.8 Å². The standard InChI is InChI=1S/C16H25N3O.2ClH/c1-12-4-3-8-19(11-12)9-7-18-16(20)15-10-14(17)6-5-13(15)2;;/h5-6,10,12H,3-4,7-9,11,17H2,1-2H3,(H,18,20);2*1H. The van der Waals surface area contributed by atoms with E-state index in [4.69, 9.17) is 5.73 Å². The van der Waals surface area contributed by atoms with Gasteiger partial charge in [0.2, 0.25) is 0 Å². The van der Waals surface area contributed by atoms with Crippen LogP contribution in [0, 0.1) is 12.8 Å². The first-order chi connectivity index (χ1) is 9.56. The lowest BCUT2D eigenvalue weighted by molar-refractivity contribution is 0.0943. The van der Waals surface area contributed by atoms with Gasteiger partial charge in [0.25, 0.3) is 5.91 Å². The molecule has 0 bridgehead atoms. The maximum absolute atomic E-state index is 12.1. The SMILES string of the molecule is Cc1ccc(N)cc1C(=O)NCCN1CCCC(C)C1.Cl.Cl. The molecule has 0 saturated carbocycles. The molecule has 0 aromatic heterocycles. The van der Waals surface area contributed by atoms with E-state index in [-0.39, 0.29) is 30.7 Å². The molecule has 1 atom stereocenters. The highest BCUT2D eigenvalue weighted by atomic mass is 35.5. The van der Waals surface area contributed by atoms with Gasteiger partial charge in [-0.3, -0.25) is 4.79 Å². The molecule has 1 heterocycles. The summed E-state index contributed by atoms with van der Waals surface area (Å²) in [4.78, 5) is 14.6. The Morgan fingerprint density at radius 1 is 1.41 bits per heavy atom. The molecule has 1 aromatic rings. The number of hydrogen-bond donors (Lipinski definition) is 2. The van der Waals surface area contributed by atoms with Crippen LogP contribution in [0.2, 0.25) is 0 Å². The molecule has 22 heavy (non-hydrogen) atoms.